The summed E-state index contributed by atoms with van der Waals surface area (Å²) in [7, 11) is 0. The van der Waals surface area contributed by atoms with E-state index in [1.54, 1.807) is 0 Å². The summed E-state index contributed by atoms with van der Waals surface area (Å²) in [5, 5.41) is 9.04. The monoisotopic (exact) mass is 302 g/mol. The second-order valence-electron chi connectivity index (χ2n) is 6.14. The molecule has 0 atom stereocenters. The average molecular weight is 302 g/mol. The van der Waals surface area contributed by atoms with Gasteiger partial charge in [-0.25, -0.2) is 9.67 Å². The lowest BCUT2D eigenvalue weighted by molar-refractivity contribution is 0.0835. The average Bonchev–Trinajstić information content (AvgIpc) is 3.19. The smallest absolute Gasteiger partial charge is 0.180 e. The first-order valence-corrected chi connectivity index (χ1v) is 8.37. The van der Waals surface area contributed by atoms with Gasteiger partial charge in [-0.3, -0.25) is 0 Å². The van der Waals surface area contributed by atoms with Gasteiger partial charge in [0, 0.05) is 37.7 Å². The molecule has 0 aromatic carbocycles. The van der Waals surface area contributed by atoms with E-state index in [0.717, 1.165) is 68.5 Å². The number of aromatic nitrogens is 4. The van der Waals surface area contributed by atoms with Crippen LogP contribution in [0.4, 0.5) is 0 Å². The summed E-state index contributed by atoms with van der Waals surface area (Å²) < 4.78 is 13.0. The molecular formula is C16H22N4O2. The Labute approximate surface area is 129 Å². The molecule has 0 amide bonds. The van der Waals surface area contributed by atoms with Gasteiger partial charge >= 0.3 is 0 Å². The first-order chi connectivity index (χ1) is 10.9. The van der Waals surface area contributed by atoms with Crippen LogP contribution in [0.25, 0.3) is 11.5 Å². The Balaban J connectivity index is 1.71. The third-order valence-electron chi connectivity index (χ3n) is 4.74. The van der Waals surface area contributed by atoms with Gasteiger partial charge in [0.2, 0.25) is 0 Å². The number of nitrogens with zero attached hydrogens (tertiary/aromatic N) is 4. The predicted molar refractivity (Wildman–Crippen MR) is 80.6 cm³/mol. The van der Waals surface area contributed by atoms with Crippen LogP contribution in [-0.2, 0) is 24.1 Å². The Morgan fingerprint density at radius 1 is 1.18 bits per heavy atom. The van der Waals surface area contributed by atoms with Crippen LogP contribution >= 0.6 is 0 Å². The molecule has 6 nitrogen and oxygen atoms in total. The van der Waals surface area contributed by atoms with Gasteiger partial charge in [0.25, 0.3) is 0 Å². The van der Waals surface area contributed by atoms with Crippen molar-refractivity contribution in [2.24, 2.45) is 0 Å². The van der Waals surface area contributed by atoms with Crippen LogP contribution in [0.3, 0.4) is 0 Å². The minimum Gasteiger partial charge on any atom is -0.381 e. The quantitative estimate of drug-likeness (QED) is 0.872. The van der Waals surface area contributed by atoms with Crippen molar-refractivity contribution in [2.75, 3.05) is 13.2 Å². The lowest BCUT2D eigenvalue weighted by Crippen LogP contribution is -2.15. The van der Waals surface area contributed by atoms with Crippen molar-refractivity contribution < 1.29 is 9.26 Å². The number of ether oxygens (including phenoxy) is 1. The van der Waals surface area contributed by atoms with Crippen molar-refractivity contribution >= 4 is 0 Å². The molecule has 2 aromatic rings. The van der Waals surface area contributed by atoms with Crippen LogP contribution in [0.15, 0.2) is 4.52 Å². The minimum atomic E-state index is 0.406. The van der Waals surface area contributed by atoms with E-state index in [1.807, 2.05) is 4.68 Å². The van der Waals surface area contributed by atoms with Crippen molar-refractivity contribution in [3.63, 3.8) is 0 Å². The zero-order valence-corrected chi connectivity index (χ0v) is 13.0. The third-order valence-corrected chi connectivity index (χ3v) is 4.74. The molecule has 0 N–H and O–H groups in total. The summed E-state index contributed by atoms with van der Waals surface area (Å²) in [6, 6.07) is 0. The zero-order chi connectivity index (χ0) is 14.9. The van der Waals surface area contributed by atoms with Gasteiger partial charge in [-0.15, -0.1) is 0 Å². The summed E-state index contributed by atoms with van der Waals surface area (Å²) in [5.41, 5.74) is 2.15. The Morgan fingerprint density at radius 3 is 2.82 bits per heavy atom. The molecule has 2 aromatic heterocycles. The highest BCUT2D eigenvalue weighted by atomic mass is 16.5. The molecule has 1 aliphatic carbocycles. The van der Waals surface area contributed by atoms with E-state index in [-0.39, 0.29) is 0 Å². The van der Waals surface area contributed by atoms with Gasteiger partial charge < -0.3 is 9.26 Å². The first kappa shape index (κ1) is 13.9. The van der Waals surface area contributed by atoms with Crippen LogP contribution in [0, 0.1) is 0 Å². The fraction of sp³-hybridized carbons (Fsp3) is 0.688. The topological polar surface area (TPSA) is 66.0 Å². The van der Waals surface area contributed by atoms with E-state index in [2.05, 4.69) is 12.1 Å². The molecule has 1 aliphatic heterocycles. The molecule has 0 radical (unpaired) electrons. The third kappa shape index (κ3) is 2.35. The maximum Gasteiger partial charge on any atom is 0.180 e. The van der Waals surface area contributed by atoms with Crippen LogP contribution in [0.1, 0.15) is 55.7 Å². The largest absolute Gasteiger partial charge is 0.381 e. The summed E-state index contributed by atoms with van der Waals surface area (Å²) in [4.78, 5) is 4.83. The van der Waals surface area contributed by atoms with E-state index in [9.17, 15) is 0 Å². The van der Waals surface area contributed by atoms with Gasteiger partial charge in [-0.1, -0.05) is 5.16 Å². The molecule has 1 fully saturated rings. The molecule has 2 aliphatic rings. The fourth-order valence-electron chi connectivity index (χ4n) is 3.44. The van der Waals surface area contributed by atoms with E-state index in [4.69, 9.17) is 19.3 Å². The van der Waals surface area contributed by atoms with Crippen molar-refractivity contribution in [3.8, 4) is 11.5 Å². The minimum absolute atomic E-state index is 0.406. The molecule has 0 bridgehead atoms. The highest BCUT2D eigenvalue weighted by Crippen LogP contribution is 2.32. The molecule has 6 heteroatoms. The van der Waals surface area contributed by atoms with Crippen molar-refractivity contribution in [3.05, 3.63) is 17.1 Å². The molecule has 0 saturated carbocycles. The fourth-order valence-corrected chi connectivity index (χ4v) is 3.44. The summed E-state index contributed by atoms with van der Waals surface area (Å²) in [6.45, 7) is 4.51. The molecule has 0 spiro atoms. The highest BCUT2D eigenvalue weighted by Gasteiger charge is 2.27. The van der Waals surface area contributed by atoms with Crippen LogP contribution in [-0.4, -0.2) is 33.1 Å². The molecule has 1 saturated heterocycles. The Kier molecular flexibility index (Phi) is 3.70. The van der Waals surface area contributed by atoms with Gasteiger partial charge in [-0.05, 0) is 39.0 Å². The lowest BCUT2D eigenvalue weighted by Gasteiger charge is -2.18. The summed E-state index contributed by atoms with van der Waals surface area (Å²) in [6.07, 6.45) is 6.44. The molecule has 4 rings (SSSR count). The Morgan fingerprint density at radius 2 is 2.00 bits per heavy atom. The van der Waals surface area contributed by atoms with Crippen LogP contribution in [0.2, 0.25) is 0 Å². The van der Waals surface area contributed by atoms with Gasteiger partial charge in [0.1, 0.15) is 5.76 Å². The van der Waals surface area contributed by atoms with E-state index >= 15 is 0 Å². The van der Waals surface area contributed by atoms with Gasteiger partial charge in [0.15, 0.2) is 17.3 Å². The maximum atomic E-state index is 5.54. The number of hydrogen-bond donors (Lipinski definition) is 0. The molecular weight excluding hydrogens is 280 g/mol. The predicted octanol–water partition coefficient (Wildman–Crippen LogP) is 2.73. The number of rotatable bonds is 3. The number of hydrogen-bond acceptors (Lipinski definition) is 5. The van der Waals surface area contributed by atoms with Crippen LogP contribution in [0.5, 0.6) is 0 Å². The van der Waals surface area contributed by atoms with E-state index in [1.165, 1.54) is 18.4 Å². The van der Waals surface area contributed by atoms with Crippen molar-refractivity contribution in [2.45, 2.75) is 57.9 Å². The first-order valence-electron chi connectivity index (χ1n) is 8.37. The standard InChI is InChI=1S/C16H22N4O2/c1-2-20-16(14-12-5-3-4-6-13(12)22-19-14)17-15(18-20)11-7-9-21-10-8-11/h11H,2-10H2,1H3. The molecule has 0 unspecified atom stereocenters. The second-order valence-corrected chi connectivity index (χ2v) is 6.14. The molecule has 118 valence electrons. The second kappa shape index (κ2) is 5.83. The van der Waals surface area contributed by atoms with E-state index in [0.29, 0.717) is 5.92 Å². The van der Waals surface area contributed by atoms with Gasteiger partial charge in [-0.2, -0.15) is 5.10 Å². The lowest BCUT2D eigenvalue weighted by atomic mass is 9.96. The zero-order valence-electron chi connectivity index (χ0n) is 13.0. The van der Waals surface area contributed by atoms with Gasteiger partial charge in [0.05, 0.1) is 0 Å². The summed E-state index contributed by atoms with van der Waals surface area (Å²) >= 11 is 0. The molecule has 22 heavy (non-hydrogen) atoms. The Bertz CT molecular complexity index is 655. The van der Waals surface area contributed by atoms with Crippen LogP contribution < -0.4 is 0 Å². The number of aryl methyl sites for hydroxylation is 2. The molecule has 3 heterocycles. The maximum absolute atomic E-state index is 5.54. The SMILES string of the molecule is CCn1nc(C2CCOCC2)nc1-c1noc2c1CCCC2. The highest BCUT2D eigenvalue weighted by molar-refractivity contribution is 5.56. The van der Waals surface area contributed by atoms with Crippen molar-refractivity contribution in [1.82, 2.24) is 19.9 Å². The normalized spacial score (nSPS) is 19.3. The summed E-state index contributed by atoms with van der Waals surface area (Å²) in [5.74, 6) is 3.26. The van der Waals surface area contributed by atoms with Crippen molar-refractivity contribution in [1.29, 1.82) is 0 Å². The number of fused-ring (bicyclic) bond motifs is 1. The van der Waals surface area contributed by atoms with E-state index < -0.39 is 0 Å². The Hall–Kier alpha value is -1.69.